The number of nitriles is 1. The maximum Gasteiger partial charge on any atom is 0.211 e. The normalized spacial score (nSPS) is 11.3. The first-order valence-corrected chi connectivity index (χ1v) is 15.7. The summed E-state index contributed by atoms with van der Waals surface area (Å²) >= 11 is 0. The fourth-order valence-corrected chi connectivity index (χ4v) is 7.21. The SMILES string of the molecule is [C-]#[N+]c1cccc(-c2ccc(-c3cccc(-n4c5ccccc5c5ccccc54)c3)cc2C#N)c1-n1c2ccccc2c2cnccc21. The number of pyridine rings is 1. The summed E-state index contributed by atoms with van der Waals surface area (Å²) in [6, 6.07) is 49.9. The van der Waals surface area contributed by atoms with Gasteiger partial charge in [-0.1, -0.05) is 97.1 Å². The van der Waals surface area contributed by atoms with Gasteiger partial charge in [-0.2, -0.15) is 5.26 Å². The molecule has 0 aliphatic rings. The molecule has 0 unspecified atom stereocenters. The van der Waals surface area contributed by atoms with Gasteiger partial charge >= 0.3 is 0 Å². The van der Waals surface area contributed by atoms with Crippen molar-refractivity contribution in [2.24, 2.45) is 0 Å². The van der Waals surface area contributed by atoms with Gasteiger partial charge in [-0.15, -0.1) is 0 Å². The minimum atomic E-state index is 0.513. The third-order valence-corrected chi connectivity index (χ3v) is 9.28. The van der Waals surface area contributed by atoms with Crippen LogP contribution in [0.3, 0.4) is 0 Å². The van der Waals surface area contributed by atoms with Gasteiger partial charge in [0.25, 0.3) is 0 Å². The number of benzene rings is 6. The Balaban J connectivity index is 1.22. The van der Waals surface area contributed by atoms with E-state index in [0.717, 1.165) is 66.5 Å². The molecule has 0 amide bonds. The first-order chi connectivity index (χ1) is 23.7. The highest BCUT2D eigenvalue weighted by Crippen LogP contribution is 2.42. The number of hydrogen-bond acceptors (Lipinski definition) is 2. The van der Waals surface area contributed by atoms with Crippen molar-refractivity contribution in [3.63, 3.8) is 0 Å². The first kappa shape index (κ1) is 27.4. The maximum atomic E-state index is 10.6. The molecule has 6 aromatic carbocycles. The molecule has 5 nitrogen and oxygen atoms in total. The number of hydrogen-bond donors (Lipinski definition) is 0. The topological polar surface area (TPSA) is 50.9 Å². The summed E-state index contributed by atoms with van der Waals surface area (Å²) < 4.78 is 4.44. The average molecular weight is 612 g/mol. The van der Waals surface area contributed by atoms with Crippen LogP contribution in [-0.2, 0) is 0 Å². The maximum absolute atomic E-state index is 10.6. The van der Waals surface area contributed by atoms with Gasteiger partial charge in [0.1, 0.15) is 0 Å². The van der Waals surface area contributed by atoms with Gasteiger partial charge in [0.2, 0.25) is 5.69 Å². The van der Waals surface area contributed by atoms with Gasteiger partial charge in [-0.05, 0) is 59.2 Å². The van der Waals surface area contributed by atoms with E-state index in [9.17, 15) is 5.26 Å². The summed E-state index contributed by atoms with van der Waals surface area (Å²) in [4.78, 5) is 8.35. The zero-order valence-electron chi connectivity index (χ0n) is 25.7. The van der Waals surface area contributed by atoms with E-state index >= 15 is 0 Å². The molecule has 3 aromatic heterocycles. The summed E-state index contributed by atoms with van der Waals surface area (Å²) in [6.45, 7) is 8.12. The summed E-state index contributed by atoms with van der Waals surface area (Å²) in [5, 5.41) is 15.1. The number of nitrogens with zero attached hydrogens (tertiary/aromatic N) is 5. The van der Waals surface area contributed by atoms with Gasteiger partial charge in [0, 0.05) is 45.2 Å². The van der Waals surface area contributed by atoms with Crippen molar-refractivity contribution in [3.05, 3.63) is 169 Å². The lowest BCUT2D eigenvalue weighted by atomic mass is 9.93. The predicted octanol–water partition coefficient (Wildman–Crippen LogP) is 11.0. The molecule has 0 aliphatic carbocycles. The number of rotatable bonds is 4. The van der Waals surface area contributed by atoms with Gasteiger partial charge in [0.15, 0.2) is 0 Å². The van der Waals surface area contributed by atoms with Gasteiger partial charge in [0.05, 0.1) is 46.0 Å². The van der Waals surface area contributed by atoms with E-state index in [1.54, 1.807) is 6.20 Å². The minimum absolute atomic E-state index is 0.513. The summed E-state index contributed by atoms with van der Waals surface area (Å²) in [5.74, 6) is 0. The predicted molar refractivity (Wildman–Crippen MR) is 195 cm³/mol. The Labute approximate surface area is 276 Å². The smallest absolute Gasteiger partial charge is 0.211 e. The standard InChI is InChI=1S/C43H25N5/c1-45-38-16-9-15-36(43(38)48-41-19-7-4-14-35(41)37-27-46-23-22-42(37)48)32-21-20-29(24-30(32)26-44)28-10-8-11-31(25-28)47-39-17-5-2-12-33(39)34-13-3-6-18-40(34)47/h2-25,27H. The molecule has 0 bridgehead atoms. The minimum Gasteiger partial charge on any atom is -0.318 e. The zero-order valence-corrected chi connectivity index (χ0v) is 25.7. The number of fused-ring (bicyclic) bond motifs is 6. The van der Waals surface area contributed by atoms with Crippen molar-refractivity contribution in [1.82, 2.24) is 14.1 Å². The quantitative estimate of drug-likeness (QED) is 0.186. The van der Waals surface area contributed by atoms with Crippen LogP contribution in [0.4, 0.5) is 5.69 Å². The fourth-order valence-electron chi connectivity index (χ4n) is 7.21. The van der Waals surface area contributed by atoms with Crippen LogP contribution in [0.25, 0.3) is 82.1 Å². The molecule has 9 rings (SSSR count). The van der Waals surface area contributed by atoms with Crippen LogP contribution >= 0.6 is 0 Å². The molecule has 0 spiro atoms. The molecule has 48 heavy (non-hydrogen) atoms. The Bertz CT molecular complexity index is 2710. The highest BCUT2D eigenvalue weighted by atomic mass is 15.0. The van der Waals surface area contributed by atoms with E-state index in [1.165, 1.54) is 10.8 Å². The Morgan fingerprint density at radius 3 is 1.90 bits per heavy atom. The van der Waals surface area contributed by atoms with E-state index < -0.39 is 0 Å². The molecule has 5 heteroatoms. The van der Waals surface area contributed by atoms with Crippen LogP contribution in [0.5, 0.6) is 0 Å². The molecular weight excluding hydrogens is 587 g/mol. The summed E-state index contributed by atoms with van der Waals surface area (Å²) in [7, 11) is 0. The van der Waals surface area contributed by atoms with Crippen LogP contribution in [0.1, 0.15) is 5.56 Å². The Morgan fingerprint density at radius 1 is 0.562 bits per heavy atom. The van der Waals surface area contributed by atoms with E-state index in [4.69, 9.17) is 6.57 Å². The van der Waals surface area contributed by atoms with Crippen molar-refractivity contribution < 1.29 is 0 Å². The van der Waals surface area contributed by atoms with Crippen molar-refractivity contribution in [1.29, 1.82) is 5.26 Å². The van der Waals surface area contributed by atoms with Gasteiger partial charge in [-0.3, -0.25) is 4.98 Å². The van der Waals surface area contributed by atoms with E-state index in [-0.39, 0.29) is 0 Å². The third kappa shape index (κ3) is 4.06. The second-order valence-electron chi connectivity index (χ2n) is 11.8. The van der Waals surface area contributed by atoms with E-state index in [1.807, 2.05) is 54.7 Å². The second-order valence-corrected chi connectivity index (χ2v) is 11.8. The van der Waals surface area contributed by atoms with Crippen LogP contribution in [0.2, 0.25) is 0 Å². The lowest BCUT2D eigenvalue weighted by Gasteiger charge is -2.17. The van der Waals surface area contributed by atoms with Crippen molar-refractivity contribution >= 4 is 49.3 Å². The van der Waals surface area contributed by atoms with Crippen LogP contribution in [0, 0.1) is 17.9 Å². The average Bonchev–Trinajstić information content (AvgIpc) is 3.67. The van der Waals surface area contributed by atoms with Crippen LogP contribution in [-0.4, -0.2) is 14.1 Å². The van der Waals surface area contributed by atoms with Crippen molar-refractivity contribution in [2.75, 3.05) is 0 Å². The Hall–Kier alpha value is -6.95. The molecule has 0 atom stereocenters. The lowest BCUT2D eigenvalue weighted by molar-refractivity contribution is 1.18. The molecule has 222 valence electrons. The van der Waals surface area contributed by atoms with Crippen molar-refractivity contribution in [3.8, 4) is 39.7 Å². The molecule has 0 N–H and O–H groups in total. The summed E-state index contributed by atoms with van der Waals surface area (Å²) in [6.07, 6.45) is 3.65. The molecule has 3 heterocycles. The zero-order chi connectivity index (χ0) is 32.2. The molecule has 0 saturated heterocycles. The van der Waals surface area contributed by atoms with Crippen molar-refractivity contribution in [2.45, 2.75) is 0 Å². The molecule has 9 aromatic rings. The van der Waals surface area contributed by atoms with Crippen LogP contribution in [0.15, 0.2) is 152 Å². The lowest BCUT2D eigenvalue weighted by Crippen LogP contribution is -1.99. The Morgan fingerprint density at radius 2 is 1.19 bits per heavy atom. The van der Waals surface area contributed by atoms with Gasteiger partial charge < -0.3 is 9.13 Å². The van der Waals surface area contributed by atoms with Crippen LogP contribution < -0.4 is 0 Å². The molecule has 0 fully saturated rings. The molecule has 0 radical (unpaired) electrons. The molecule has 0 saturated carbocycles. The monoisotopic (exact) mass is 611 g/mol. The highest BCUT2D eigenvalue weighted by Gasteiger charge is 2.21. The molecular formula is C43H25N5. The van der Waals surface area contributed by atoms with E-state index in [2.05, 4.69) is 116 Å². The highest BCUT2D eigenvalue weighted by molar-refractivity contribution is 6.11. The third-order valence-electron chi connectivity index (χ3n) is 9.28. The second kappa shape index (κ2) is 10.8. The number of aromatic nitrogens is 3. The van der Waals surface area contributed by atoms with Gasteiger partial charge in [-0.25, -0.2) is 4.85 Å². The Kier molecular flexibility index (Phi) is 6.18. The summed E-state index contributed by atoms with van der Waals surface area (Å²) in [5.41, 5.74) is 10.7. The molecule has 0 aliphatic heterocycles. The fraction of sp³-hybridized carbons (Fsp3) is 0. The largest absolute Gasteiger partial charge is 0.318 e. The first-order valence-electron chi connectivity index (χ1n) is 15.7. The van der Waals surface area contributed by atoms with E-state index in [0.29, 0.717) is 11.3 Å². The number of para-hydroxylation sites is 4.